The number of hydrogen-bond acceptors (Lipinski definition) is 5. The predicted octanol–water partition coefficient (Wildman–Crippen LogP) is 2.39. The quantitative estimate of drug-likeness (QED) is 0.847. The van der Waals surface area contributed by atoms with Crippen LogP contribution < -0.4 is 0 Å². The van der Waals surface area contributed by atoms with Crippen molar-refractivity contribution in [3.8, 4) is 0 Å². The molecule has 5 atom stereocenters. The van der Waals surface area contributed by atoms with Gasteiger partial charge in [0.25, 0.3) is 0 Å². The molecule has 2 fully saturated rings. The summed E-state index contributed by atoms with van der Waals surface area (Å²) >= 11 is 0. The highest BCUT2D eigenvalue weighted by atomic mass is 16.6. The van der Waals surface area contributed by atoms with Gasteiger partial charge in [-0.15, -0.1) is 0 Å². The van der Waals surface area contributed by atoms with E-state index in [4.69, 9.17) is 14.2 Å². The molecule has 2 aromatic carbocycles. The van der Waals surface area contributed by atoms with Crippen LogP contribution in [0, 0.1) is 0 Å². The Labute approximate surface area is 146 Å². The second-order valence-corrected chi connectivity index (χ2v) is 6.41. The Morgan fingerprint density at radius 2 is 1.76 bits per heavy atom. The fourth-order valence-electron chi connectivity index (χ4n) is 3.48. The molecule has 130 valence electrons. The van der Waals surface area contributed by atoms with Crippen LogP contribution in [-0.2, 0) is 25.6 Å². The Bertz CT molecular complexity index is 717. The summed E-state index contributed by atoms with van der Waals surface area (Å²) in [5.74, 6) is -0.282. The molecule has 5 heteroatoms. The van der Waals surface area contributed by atoms with E-state index in [-0.39, 0.29) is 18.5 Å². The maximum Gasteiger partial charge on any atom is 0.309 e. The van der Waals surface area contributed by atoms with Crippen molar-refractivity contribution in [1.82, 2.24) is 0 Å². The molecule has 2 aromatic rings. The average molecular weight is 340 g/mol. The van der Waals surface area contributed by atoms with E-state index in [1.54, 1.807) is 0 Å². The van der Waals surface area contributed by atoms with Crippen molar-refractivity contribution in [3.63, 3.8) is 0 Å². The van der Waals surface area contributed by atoms with Gasteiger partial charge in [0.2, 0.25) is 0 Å². The molecule has 0 aromatic heterocycles. The zero-order chi connectivity index (χ0) is 17.2. The molecule has 0 aliphatic carbocycles. The van der Waals surface area contributed by atoms with E-state index in [9.17, 15) is 9.90 Å². The Morgan fingerprint density at radius 1 is 1.08 bits per heavy atom. The minimum atomic E-state index is -0.841. The molecule has 0 amide bonds. The lowest BCUT2D eigenvalue weighted by Gasteiger charge is -2.26. The van der Waals surface area contributed by atoms with Gasteiger partial charge in [0.05, 0.1) is 13.0 Å². The van der Waals surface area contributed by atoms with Gasteiger partial charge < -0.3 is 19.3 Å². The van der Waals surface area contributed by atoms with Crippen LogP contribution in [0.25, 0.3) is 0 Å². The maximum absolute atomic E-state index is 11.6. The van der Waals surface area contributed by atoms with E-state index in [1.165, 1.54) is 0 Å². The van der Waals surface area contributed by atoms with Gasteiger partial charge in [-0.1, -0.05) is 60.7 Å². The van der Waals surface area contributed by atoms with Crippen molar-refractivity contribution >= 4 is 5.97 Å². The summed E-state index contributed by atoms with van der Waals surface area (Å²) in [7, 11) is 0. The predicted molar refractivity (Wildman–Crippen MR) is 89.6 cm³/mol. The summed E-state index contributed by atoms with van der Waals surface area (Å²) in [6.07, 6.45) is -2.56. The van der Waals surface area contributed by atoms with Gasteiger partial charge in [-0.2, -0.15) is 0 Å². The van der Waals surface area contributed by atoms with E-state index < -0.39 is 24.4 Å². The number of carbonyl (C=O) groups excluding carboxylic acids is 1. The fourth-order valence-corrected chi connectivity index (χ4v) is 3.48. The topological polar surface area (TPSA) is 65.0 Å². The largest absolute Gasteiger partial charge is 0.457 e. The number of aliphatic hydroxyl groups is 1. The van der Waals surface area contributed by atoms with Crippen LogP contribution in [0.2, 0.25) is 0 Å². The summed E-state index contributed by atoms with van der Waals surface area (Å²) in [4.78, 5) is 11.6. The lowest BCUT2D eigenvalue weighted by atomic mass is 9.98. The van der Waals surface area contributed by atoms with Crippen molar-refractivity contribution in [2.24, 2.45) is 0 Å². The van der Waals surface area contributed by atoms with Gasteiger partial charge in [0, 0.05) is 0 Å². The number of hydrogen-bond donors (Lipinski definition) is 1. The molecule has 25 heavy (non-hydrogen) atoms. The van der Waals surface area contributed by atoms with Crippen molar-refractivity contribution in [3.05, 3.63) is 71.8 Å². The smallest absolute Gasteiger partial charge is 0.309 e. The second-order valence-electron chi connectivity index (χ2n) is 6.41. The number of fused-ring (bicyclic) bond motifs is 1. The van der Waals surface area contributed by atoms with E-state index in [2.05, 4.69) is 0 Å². The molecule has 0 saturated carbocycles. The van der Waals surface area contributed by atoms with Crippen molar-refractivity contribution < 1.29 is 24.1 Å². The van der Waals surface area contributed by atoms with Gasteiger partial charge in [-0.3, -0.25) is 4.79 Å². The third kappa shape index (κ3) is 3.31. The molecule has 2 aliphatic rings. The Balaban J connectivity index is 1.53. The first-order valence-corrected chi connectivity index (χ1v) is 8.46. The number of ether oxygens (including phenoxy) is 3. The first-order chi connectivity index (χ1) is 12.2. The zero-order valence-corrected chi connectivity index (χ0v) is 13.7. The third-order valence-corrected chi connectivity index (χ3v) is 4.72. The SMILES string of the molecule is O=C1C[C@H]2OC([C@H](O)c3ccccc3)[C@H](OCc3ccccc3)[C@H]2O1. The minimum Gasteiger partial charge on any atom is -0.457 e. The van der Waals surface area contributed by atoms with Crippen LogP contribution in [0.3, 0.4) is 0 Å². The molecule has 0 bridgehead atoms. The molecule has 1 unspecified atom stereocenters. The molecular weight excluding hydrogens is 320 g/mol. The number of carbonyl (C=O) groups is 1. The summed E-state index contributed by atoms with van der Waals surface area (Å²) in [5, 5.41) is 10.8. The molecule has 0 radical (unpaired) electrons. The van der Waals surface area contributed by atoms with Crippen molar-refractivity contribution in [2.75, 3.05) is 0 Å². The molecule has 0 spiro atoms. The van der Waals surface area contributed by atoms with Crippen LogP contribution >= 0.6 is 0 Å². The molecule has 2 saturated heterocycles. The van der Waals surface area contributed by atoms with Gasteiger partial charge in [-0.25, -0.2) is 0 Å². The lowest BCUT2D eigenvalue weighted by molar-refractivity contribution is -0.151. The normalized spacial score (nSPS) is 29.2. The van der Waals surface area contributed by atoms with E-state index in [0.717, 1.165) is 11.1 Å². The minimum absolute atomic E-state index is 0.202. The van der Waals surface area contributed by atoms with Crippen LogP contribution in [0.1, 0.15) is 23.7 Å². The standard InChI is InChI=1S/C20H20O5/c21-16-11-15-18(25-16)20(23-12-13-7-3-1-4-8-13)19(24-15)17(22)14-9-5-2-6-10-14/h1-10,15,17-20,22H,11-12H2/t15-,17-,18+,19?,20-/m1/s1. The molecular formula is C20H20O5. The van der Waals surface area contributed by atoms with Gasteiger partial charge in [0.15, 0.2) is 6.10 Å². The van der Waals surface area contributed by atoms with Crippen LogP contribution in [-0.4, -0.2) is 35.5 Å². The molecule has 4 rings (SSSR count). The molecule has 1 N–H and O–H groups in total. The number of aliphatic hydroxyl groups excluding tert-OH is 1. The first kappa shape index (κ1) is 16.3. The van der Waals surface area contributed by atoms with E-state index in [1.807, 2.05) is 60.7 Å². The number of benzene rings is 2. The highest BCUT2D eigenvalue weighted by Crippen LogP contribution is 2.39. The Morgan fingerprint density at radius 3 is 2.48 bits per heavy atom. The van der Waals surface area contributed by atoms with Gasteiger partial charge in [0.1, 0.15) is 24.4 Å². The summed E-state index contributed by atoms with van der Waals surface area (Å²) in [6, 6.07) is 19.1. The second kappa shape index (κ2) is 6.96. The monoisotopic (exact) mass is 340 g/mol. The zero-order valence-electron chi connectivity index (χ0n) is 13.7. The summed E-state index contributed by atoms with van der Waals surface area (Å²) in [6.45, 7) is 0.369. The summed E-state index contributed by atoms with van der Waals surface area (Å²) in [5.41, 5.74) is 1.77. The first-order valence-electron chi connectivity index (χ1n) is 8.46. The van der Waals surface area contributed by atoms with Gasteiger partial charge >= 0.3 is 5.97 Å². The highest BCUT2D eigenvalue weighted by molar-refractivity contribution is 5.73. The van der Waals surface area contributed by atoms with Crippen LogP contribution in [0.4, 0.5) is 0 Å². The Hall–Kier alpha value is -2.21. The van der Waals surface area contributed by atoms with E-state index >= 15 is 0 Å². The van der Waals surface area contributed by atoms with Crippen LogP contribution in [0.5, 0.6) is 0 Å². The lowest BCUT2D eigenvalue weighted by Crippen LogP contribution is -2.38. The maximum atomic E-state index is 11.6. The highest BCUT2D eigenvalue weighted by Gasteiger charge is 2.54. The number of rotatable bonds is 5. The van der Waals surface area contributed by atoms with Gasteiger partial charge in [-0.05, 0) is 11.1 Å². The molecule has 5 nitrogen and oxygen atoms in total. The van der Waals surface area contributed by atoms with Crippen molar-refractivity contribution in [2.45, 2.75) is 43.5 Å². The molecule has 2 aliphatic heterocycles. The van der Waals surface area contributed by atoms with Crippen molar-refractivity contribution in [1.29, 1.82) is 0 Å². The third-order valence-electron chi connectivity index (χ3n) is 4.72. The van der Waals surface area contributed by atoms with E-state index in [0.29, 0.717) is 6.61 Å². The fraction of sp³-hybridized carbons (Fsp3) is 0.350. The number of esters is 1. The van der Waals surface area contributed by atoms with Crippen LogP contribution in [0.15, 0.2) is 60.7 Å². The average Bonchev–Trinajstić information content (AvgIpc) is 3.17. The molecule has 2 heterocycles. The Kier molecular flexibility index (Phi) is 4.53. The summed E-state index contributed by atoms with van der Waals surface area (Å²) < 4.78 is 17.4.